The highest BCUT2D eigenvalue weighted by Crippen LogP contribution is 2.18. The Morgan fingerprint density at radius 2 is 1.79 bits per heavy atom. The van der Waals surface area contributed by atoms with Crippen molar-refractivity contribution in [2.45, 2.75) is 39.0 Å². The maximum atomic E-state index is 11.3. The number of ether oxygens (including phenoxy) is 2. The SMILES string of the molecule is CCOC(=O)Oc1ccc(C=C(CCCCCCCl)C(=O)O)cc1. The van der Waals surface area contributed by atoms with Gasteiger partial charge in [0.05, 0.1) is 6.61 Å². The predicted octanol–water partition coefficient (Wildman–Crippen LogP) is 4.88. The molecule has 0 unspecified atom stereocenters. The highest BCUT2D eigenvalue weighted by molar-refractivity contribution is 6.17. The average Bonchev–Trinajstić information content (AvgIpc) is 2.55. The molecule has 0 saturated heterocycles. The fraction of sp³-hybridized carbons (Fsp3) is 0.444. The molecular formula is C18H23ClO5. The third-order valence-electron chi connectivity index (χ3n) is 3.29. The fourth-order valence-corrected chi connectivity index (χ4v) is 2.27. The number of carboxylic acid groups (broad SMARTS) is 1. The highest BCUT2D eigenvalue weighted by atomic mass is 35.5. The molecule has 0 saturated carbocycles. The molecule has 1 aromatic carbocycles. The van der Waals surface area contributed by atoms with E-state index in [-0.39, 0.29) is 6.61 Å². The lowest BCUT2D eigenvalue weighted by molar-refractivity contribution is -0.132. The Morgan fingerprint density at radius 3 is 2.38 bits per heavy atom. The first-order chi connectivity index (χ1) is 11.6. The number of hydrogen-bond acceptors (Lipinski definition) is 4. The van der Waals surface area contributed by atoms with Crippen molar-refractivity contribution in [3.63, 3.8) is 0 Å². The number of aliphatic carboxylic acids is 1. The molecule has 0 fully saturated rings. The quantitative estimate of drug-likeness (QED) is 0.213. The van der Waals surface area contributed by atoms with Gasteiger partial charge in [0.25, 0.3) is 0 Å². The van der Waals surface area contributed by atoms with Crippen LogP contribution in [0.15, 0.2) is 29.8 Å². The molecule has 0 amide bonds. The maximum Gasteiger partial charge on any atom is 0.513 e. The summed E-state index contributed by atoms with van der Waals surface area (Å²) in [6.07, 6.45) is 5.13. The minimum atomic E-state index is -0.917. The summed E-state index contributed by atoms with van der Waals surface area (Å²) in [7, 11) is 0. The summed E-state index contributed by atoms with van der Waals surface area (Å²) in [5.74, 6) is 0.0738. The van der Waals surface area contributed by atoms with Crippen LogP contribution in [0.3, 0.4) is 0 Å². The van der Waals surface area contributed by atoms with Crippen molar-refractivity contribution in [2.75, 3.05) is 12.5 Å². The summed E-state index contributed by atoms with van der Waals surface area (Å²) in [5.41, 5.74) is 1.10. The third kappa shape index (κ3) is 8.02. The molecule has 0 aliphatic rings. The van der Waals surface area contributed by atoms with E-state index in [1.165, 1.54) is 0 Å². The highest BCUT2D eigenvalue weighted by Gasteiger charge is 2.08. The lowest BCUT2D eigenvalue weighted by Crippen LogP contribution is -2.09. The maximum absolute atomic E-state index is 11.3. The van der Waals surface area contributed by atoms with Gasteiger partial charge in [-0.1, -0.05) is 25.0 Å². The second-order valence-corrected chi connectivity index (χ2v) is 5.56. The monoisotopic (exact) mass is 354 g/mol. The Bertz CT molecular complexity index is 551. The van der Waals surface area contributed by atoms with Gasteiger partial charge in [0.2, 0.25) is 0 Å². The first kappa shape index (κ1) is 20.0. The number of carbonyl (C=O) groups excluding carboxylic acids is 1. The Kier molecular flexibility index (Phi) is 9.61. The molecule has 1 aromatic rings. The number of unbranched alkanes of at least 4 members (excludes halogenated alkanes) is 3. The van der Waals surface area contributed by atoms with Crippen LogP contribution < -0.4 is 4.74 Å². The minimum absolute atomic E-state index is 0.243. The van der Waals surface area contributed by atoms with Crippen LogP contribution in [0.4, 0.5) is 4.79 Å². The third-order valence-corrected chi connectivity index (χ3v) is 3.56. The predicted molar refractivity (Wildman–Crippen MR) is 93.5 cm³/mol. The molecule has 6 heteroatoms. The molecule has 0 radical (unpaired) electrons. The summed E-state index contributed by atoms with van der Waals surface area (Å²) in [6, 6.07) is 6.60. The number of hydrogen-bond donors (Lipinski definition) is 1. The molecule has 0 heterocycles. The standard InChI is InChI=1S/C18H23ClO5/c1-2-23-18(22)24-16-10-8-14(9-11-16)13-15(17(20)21)7-5-3-4-6-12-19/h8-11,13H,2-7,12H2,1H3,(H,20,21). The van der Waals surface area contributed by atoms with E-state index in [0.717, 1.165) is 31.2 Å². The molecule has 0 spiro atoms. The van der Waals surface area contributed by atoms with E-state index < -0.39 is 12.1 Å². The summed E-state index contributed by atoms with van der Waals surface area (Å²) >= 11 is 5.62. The first-order valence-electron chi connectivity index (χ1n) is 8.01. The van der Waals surface area contributed by atoms with Gasteiger partial charge < -0.3 is 14.6 Å². The fourth-order valence-electron chi connectivity index (χ4n) is 2.08. The largest absolute Gasteiger partial charge is 0.513 e. The number of carbonyl (C=O) groups is 2. The van der Waals surface area contributed by atoms with E-state index >= 15 is 0 Å². The van der Waals surface area contributed by atoms with Gasteiger partial charge in [-0.25, -0.2) is 9.59 Å². The summed E-state index contributed by atoms with van der Waals surface area (Å²) in [5, 5.41) is 9.29. The van der Waals surface area contributed by atoms with E-state index in [2.05, 4.69) is 4.74 Å². The molecule has 0 aliphatic carbocycles. The van der Waals surface area contributed by atoms with Crippen molar-refractivity contribution in [2.24, 2.45) is 0 Å². The van der Waals surface area contributed by atoms with Crippen molar-refractivity contribution >= 4 is 29.8 Å². The molecule has 1 rings (SSSR count). The Balaban J connectivity index is 2.62. The topological polar surface area (TPSA) is 72.8 Å². The van der Waals surface area contributed by atoms with Crippen molar-refractivity contribution in [3.8, 4) is 5.75 Å². The molecule has 5 nitrogen and oxygen atoms in total. The van der Waals surface area contributed by atoms with Crippen LogP contribution in [-0.2, 0) is 9.53 Å². The number of rotatable bonds is 10. The normalized spacial score (nSPS) is 11.2. The van der Waals surface area contributed by atoms with Crippen LogP contribution in [0.5, 0.6) is 5.75 Å². The number of carboxylic acids is 1. The molecular weight excluding hydrogens is 332 g/mol. The molecule has 0 bridgehead atoms. The van der Waals surface area contributed by atoms with E-state index in [9.17, 15) is 14.7 Å². The number of alkyl halides is 1. The van der Waals surface area contributed by atoms with E-state index in [1.54, 1.807) is 37.3 Å². The lowest BCUT2D eigenvalue weighted by atomic mass is 10.0. The van der Waals surface area contributed by atoms with E-state index in [1.807, 2.05) is 0 Å². The van der Waals surface area contributed by atoms with Crippen LogP contribution in [0, 0.1) is 0 Å². The van der Waals surface area contributed by atoms with E-state index in [4.69, 9.17) is 16.3 Å². The zero-order valence-electron chi connectivity index (χ0n) is 13.8. The van der Waals surface area contributed by atoms with Gasteiger partial charge in [-0.05, 0) is 50.0 Å². The van der Waals surface area contributed by atoms with Crippen LogP contribution in [0.2, 0.25) is 0 Å². The second-order valence-electron chi connectivity index (χ2n) is 5.18. The minimum Gasteiger partial charge on any atom is -0.478 e. The average molecular weight is 355 g/mol. The first-order valence-corrected chi connectivity index (χ1v) is 8.54. The van der Waals surface area contributed by atoms with Gasteiger partial charge in [-0.2, -0.15) is 0 Å². The van der Waals surface area contributed by atoms with Crippen molar-refractivity contribution in [3.05, 3.63) is 35.4 Å². The van der Waals surface area contributed by atoms with Crippen molar-refractivity contribution in [1.29, 1.82) is 0 Å². The van der Waals surface area contributed by atoms with Crippen molar-refractivity contribution in [1.82, 2.24) is 0 Å². The van der Waals surface area contributed by atoms with Gasteiger partial charge in [-0.3, -0.25) is 0 Å². The number of halogens is 1. The van der Waals surface area contributed by atoms with E-state index in [0.29, 0.717) is 23.6 Å². The van der Waals surface area contributed by atoms with Crippen LogP contribution in [-0.4, -0.2) is 29.7 Å². The Hall–Kier alpha value is -2.01. The molecule has 0 atom stereocenters. The summed E-state index contributed by atoms with van der Waals surface area (Å²) in [4.78, 5) is 22.5. The van der Waals surface area contributed by atoms with Crippen LogP contribution >= 0.6 is 11.6 Å². The second kappa shape index (κ2) is 11.5. The summed E-state index contributed by atoms with van der Waals surface area (Å²) < 4.78 is 9.64. The van der Waals surface area contributed by atoms with Crippen LogP contribution in [0.1, 0.15) is 44.6 Å². The molecule has 0 aromatic heterocycles. The molecule has 0 aliphatic heterocycles. The van der Waals surface area contributed by atoms with Gasteiger partial charge in [0.15, 0.2) is 0 Å². The van der Waals surface area contributed by atoms with Crippen molar-refractivity contribution < 1.29 is 24.2 Å². The Morgan fingerprint density at radius 1 is 1.12 bits per heavy atom. The molecule has 24 heavy (non-hydrogen) atoms. The number of benzene rings is 1. The van der Waals surface area contributed by atoms with Gasteiger partial charge in [0, 0.05) is 11.5 Å². The molecule has 1 N–H and O–H groups in total. The smallest absolute Gasteiger partial charge is 0.478 e. The van der Waals surface area contributed by atoms with Crippen LogP contribution in [0.25, 0.3) is 6.08 Å². The molecule has 132 valence electrons. The van der Waals surface area contributed by atoms with Gasteiger partial charge >= 0.3 is 12.1 Å². The van der Waals surface area contributed by atoms with Gasteiger partial charge in [0.1, 0.15) is 5.75 Å². The lowest BCUT2D eigenvalue weighted by Gasteiger charge is -2.05. The summed E-state index contributed by atoms with van der Waals surface area (Å²) in [6.45, 7) is 1.94. The Labute approximate surface area is 147 Å². The zero-order valence-corrected chi connectivity index (χ0v) is 14.6. The zero-order chi connectivity index (χ0) is 17.8. The van der Waals surface area contributed by atoms with Gasteiger partial charge in [-0.15, -0.1) is 11.6 Å².